The molecule has 0 radical (unpaired) electrons. The fraction of sp³-hybridized carbons (Fsp3) is 0.179. The second kappa shape index (κ2) is 6.86. The first-order chi connectivity index (χ1) is 15.5. The number of nitrogens with zero attached hydrogens (tertiary/aromatic N) is 1. The quantitative estimate of drug-likeness (QED) is 0.281. The Labute approximate surface area is 187 Å². The van der Waals surface area contributed by atoms with Crippen LogP contribution in [0.25, 0.3) is 21.8 Å². The van der Waals surface area contributed by atoms with Gasteiger partial charge in [-0.25, -0.2) is 0 Å². The maximum absolute atomic E-state index is 5.23. The Kier molecular flexibility index (Phi) is 4.06. The number of aryl methyl sites for hydroxylation is 2. The first kappa shape index (κ1) is 18.9. The third-order valence-corrected chi connectivity index (χ3v) is 6.72. The Hall–Kier alpha value is -3.79. The molecule has 158 valence electrons. The zero-order valence-electron chi connectivity index (χ0n) is 18.6. The standard InChI is InChI=1S/C28H26N4/c1-17-26(19-10-4-6-12-21(19)29-17)25-16-28(3,32-24-15-9-8-14-23(24)31-25)27-18(2)30-22-13-7-5-11-20(22)27/h4-15,29-30,32H,16H2,1-3H3/t28-/m0/s1. The lowest BCUT2D eigenvalue weighted by Crippen LogP contribution is -2.34. The van der Waals surface area contributed by atoms with Crippen LogP contribution in [0.2, 0.25) is 0 Å². The lowest BCUT2D eigenvalue weighted by Gasteiger charge is -2.32. The van der Waals surface area contributed by atoms with E-state index in [-0.39, 0.29) is 5.54 Å². The second-order valence-corrected chi connectivity index (χ2v) is 9.05. The summed E-state index contributed by atoms with van der Waals surface area (Å²) in [6.07, 6.45) is 0.771. The highest BCUT2D eigenvalue weighted by Gasteiger charge is 2.36. The number of benzene rings is 3. The summed E-state index contributed by atoms with van der Waals surface area (Å²) in [5.74, 6) is 0. The van der Waals surface area contributed by atoms with Crippen molar-refractivity contribution in [2.45, 2.75) is 32.7 Å². The number of fused-ring (bicyclic) bond motifs is 3. The molecule has 3 N–H and O–H groups in total. The van der Waals surface area contributed by atoms with Crippen molar-refractivity contribution in [3.63, 3.8) is 0 Å². The Bertz CT molecular complexity index is 1520. The molecule has 0 unspecified atom stereocenters. The summed E-state index contributed by atoms with van der Waals surface area (Å²) in [7, 11) is 0. The highest BCUT2D eigenvalue weighted by atomic mass is 15.0. The molecule has 0 aliphatic carbocycles. The first-order valence-corrected chi connectivity index (χ1v) is 11.1. The van der Waals surface area contributed by atoms with E-state index in [9.17, 15) is 0 Å². The SMILES string of the molecule is Cc1[nH]c2ccccc2c1C1=Nc2ccccc2N[C@](C)(c2c(C)[nH]c3ccccc23)C1. The van der Waals surface area contributed by atoms with E-state index in [1.54, 1.807) is 0 Å². The van der Waals surface area contributed by atoms with Crippen LogP contribution in [0.4, 0.5) is 11.4 Å². The number of H-pyrrole nitrogens is 2. The van der Waals surface area contributed by atoms with Crippen molar-refractivity contribution in [2.24, 2.45) is 4.99 Å². The van der Waals surface area contributed by atoms with Crippen molar-refractivity contribution in [2.75, 3.05) is 5.32 Å². The normalized spacial score (nSPS) is 18.3. The van der Waals surface area contributed by atoms with Crippen LogP contribution < -0.4 is 5.32 Å². The van der Waals surface area contributed by atoms with E-state index in [4.69, 9.17) is 4.99 Å². The Balaban J connectivity index is 1.62. The van der Waals surface area contributed by atoms with Crippen LogP contribution in [0.5, 0.6) is 0 Å². The van der Waals surface area contributed by atoms with Crippen LogP contribution in [-0.4, -0.2) is 15.7 Å². The molecule has 4 heteroatoms. The zero-order valence-corrected chi connectivity index (χ0v) is 18.6. The Morgan fingerprint density at radius 2 is 1.38 bits per heavy atom. The molecule has 0 fully saturated rings. The number of hydrogen-bond acceptors (Lipinski definition) is 2. The van der Waals surface area contributed by atoms with Gasteiger partial charge < -0.3 is 15.3 Å². The number of rotatable bonds is 2. The molecule has 0 spiro atoms. The van der Waals surface area contributed by atoms with Gasteiger partial charge in [0.1, 0.15) is 0 Å². The van der Waals surface area contributed by atoms with E-state index >= 15 is 0 Å². The van der Waals surface area contributed by atoms with Gasteiger partial charge in [-0.2, -0.15) is 0 Å². The van der Waals surface area contributed by atoms with E-state index in [1.165, 1.54) is 33.1 Å². The van der Waals surface area contributed by atoms with E-state index in [1.807, 2.05) is 0 Å². The predicted octanol–water partition coefficient (Wildman–Crippen LogP) is 7.12. The largest absolute Gasteiger partial charge is 0.374 e. The molecular formula is C28H26N4. The van der Waals surface area contributed by atoms with Gasteiger partial charge >= 0.3 is 0 Å². The molecular weight excluding hydrogens is 392 g/mol. The highest BCUT2D eigenvalue weighted by Crippen LogP contribution is 2.43. The Morgan fingerprint density at radius 3 is 2.19 bits per heavy atom. The lowest BCUT2D eigenvalue weighted by molar-refractivity contribution is 0.572. The predicted molar refractivity (Wildman–Crippen MR) is 134 cm³/mol. The van der Waals surface area contributed by atoms with Gasteiger partial charge in [0, 0.05) is 50.7 Å². The molecule has 2 aromatic heterocycles. The summed E-state index contributed by atoms with van der Waals surface area (Å²) < 4.78 is 0. The van der Waals surface area contributed by atoms with Crippen LogP contribution in [0, 0.1) is 13.8 Å². The summed E-state index contributed by atoms with van der Waals surface area (Å²) in [4.78, 5) is 12.4. The molecule has 5 aromatic rings. The van der Waals surface area contributed by atoms with E-state index < -0.39 is 0 Å². The topological polar surface area (TPSA) is 56.0 Å². The Morgan fingerprint density at radius 1 is 0.750 bits per heavy atom. The van der Waals surface area contributed by atoms with Crippen LogP contribution in [0.3, 0.4) is 0 Å². The van der Waals surface area contributed by atoms with Gasteiger partial charge in [0.15, 0.2) is 0 Å². The number of hydrogen-bond donors (Lipinski definition) is 3. The number of anilines is 1. The summed E-state index contributed by atoms with van der Waals surface area (Å²) in [5.41, 5.74) is 9.99. The number of aromatic amines is 2. The maximum Gasteiger partial charge on any atom is 0.0864 e. The molecule has 3 aromatic carbocycles. The van der Waals surface area contributed by atoms with Gasteiger partial charge in [-0.15, -0.1) is 0 Å². The third-order valence-electron chi connectivity index (χ3n) is 6.72. The fourth-order valence-electron chi connectivity index (χ4n) is 5.47. The molecule has 1 aliphatic rings. The van der Waals surface area contributed by atoms with E-state index in [2.05, 4.69) is 109 Å². The third kappa shape index (κ3) is 2.79. The van der Waals surface area contributed by atoms with Crippen molar-refractivity contribution in [1.29, 1.82) is 0 Å². The maximum atomic E-state index is 5.23. The van der Waals surface area contributed by atoms with Crippen LogP contribution in [0.1, 0.15) is 35.9 Å². The molecule has 3 heterocycles. The molecule has 6 rings (SSSR count). The van der Waals surface area contributed by atoms with Crippen molar-refractivity contribution in [3.8, 4) is 0 Å². The summed E-state index contributed by atoms with van der Waals surface area (Å²) in [6.45, 7) is 6.63. The van der Waals surface area contributed by atoms with Gasteiger partial charge in [-0.05, 0) is 45.0 Å². The van der Waals surface area contributed by atoms with Crippen molar-refractivity contribution < 1.29 is 0 Å². The molecule has 0 saturated carbocycles. The zero-order chi connectivity index (χ0) is 21.9. The fourth-order valence-corrected chi connectivity index (χ4v) is 5.47. The molecule has 4 nitrogen and oxygen atoms in total. The van der Waals surface area contributed by atoms with Crippen molar-refractivity contribution >= 4 is 38.9 Å². The number of para-hydroxylation sites is 4. The smallest absolute Gasteiger partial charge is 0.0864 e. The summed E-state index contributed by atoms with van der Waals surface area (Å²) >= 11 is 0. The van der Waals surface area contributed by atoms with E-state index in [0.717, 1.165) is 34.7 Å². The number of aliphatic imine (C=N–C) groups is 1. The van der Waals surface area contributed by atoms with Gasteiger partial charge in [0.05, 0.1) is 22.6 Å². The minimum Gasteiger partial charge on any atom is -0.374 e. The van der Waals surface area contributed by atoms with Crippen LogP contribution in [-0.2, 0) is 5.54 Å². The molecule has 0 bridgehead atoms. The minimum atomic E-state index is -0.333. The summed E-state index contributed by atoms with van der Waals surface area (Å²) in [6, 6.07) is 25.4. The van der Waals surface area contributed by atoms with Crippen molar-refractivity contribution in [3.05, 3.63) is 95.3 Å². The lowest BCUT2D eigenvalue weighted by atomic mass is 9.83. The molecule has 1 atom stereocenters. The van der Waals surface area contributed by atoms with E-state index in [0.29, 0.717) is 0 Å². The highest BCUT2D eigenvalue weighted by molar-refractivity contribution is 6.14. The van der Waals surface area contributed by atoms with Gasteiger partial charge in [0.2, 0.25) is 0 Å². The molecule has 0 amide bonds. The average molecular weight is 419 g/mol. The number of nitrogens with one attached hydrogen (secondary N) is 3. The van der Waals surface area contributed by atoms with Gasteiger partial charge in [0.25, 0.3) is 0 Å². The van der Waals surface area contributed by atoms with Crippen LogP contribution >= 0.6 is 0 Å². The van der Waals surface area contributed by atoms with Gasteiger partial charge in [-0.3, -0.25) is 4.99 Å². The summed E-state index contributed by atoms with van der Waals surface area (Å²) in [5, 5.41) is 6.37. The molecule has 0 saturated heterocycles. The molecule has 32 heavy (non-hydrogen) atoms. The van der Waals surface area contributed by atoms with Crippen LogP contribution in [0.15, 0.2) is 77.8 Å². The monoisotopic (exact) mass is 418 g/mol. The van der Waals surface area contributed by atoms with Gasteiger partial charge in [-0.1, -0.05) is 48.5 Å². The molecule has 1 aliphatic heterocycles. The second-order valence-electron chi connectivity index (χ2n) is 9.05. The van der Waals surface area contributed by atoms with Crippen molar-refractivity contribution in [1.82, 2.24) is 9.97 Å². The minimum absolute atomic E-state index is 0.333. The number of aromatic nitrogens is 2. The average Bonchev–Trinajstić information content (AvgIpc) is 3.24. The first-order valence-electron chi connectivity index (χ1n) is 11.1.